The highest BCUT2D eigenvalue weighted by Gasteiger charge is 2.33. The minimum Gasteiger partial charge on any atom is -0.336 e. The van der Waals surface area contributed by atoms with Gasteiger partial charge in [-0.15, -0.1) is 0 Å². The van der Waals surface area contributed by atoms with Gasteiger partial charge in [0.15, 0.2) is 0 Å². The Labute approximate surface area is 189 Å². The van der Waals surface area contributed by atoms with Crippen LogP contribution in [0.2, 0.25) is 0 Å². The number of likely N-dealkylation sites (tertiary alicyclic amines) is 1. The Morgan fingerprint density at radius 3 is 2.84 bits per heavy atom. The van der Waals surface area contributed by atoms with Gasteiger partial charge in [-0.2, -0.15) is 0 Å². The second kappa shape index (κ2) is 8.64. The summed E-state index contributed by atoms with van der Waals surface area (Å²) in [6, 6.07) is 10.8. The van der Waals surface area contributed by atoms with E-state index in [0.29, 0.717) is 18.3 Å². The zero-order valence-corrected chi connectivity index (χ0v) is 19.2. The normalized spacial score (nSPS) is 21.0. The Morgan fingerprint density at radius 2 is 2.03 bits per heavy atom. The molecular formula is C25H32N6O. The Hall–Kier alpha value is -2.77. The van der Waals surface area contributed by atoms with E-state index in [-0.39, 0.29) is 11.9 Å². The number of carbonyl (C=O) groups excluding carboxylic acids is 1. The molecule has 7 heteroatoms. The van der Waals surface area contributed by atoms with Crippen molar-refractivity contribution in [1.29, 1.82) is 0 Å². The number of hydrogen-bond donors (Lipinski definition) is 0. The van der Waals surface area contributed by atoms with Crippen molar-refractivity contribution in [3.8, 4) is 0 Å². The summed E-state index contributed by atoms with van der Waals surface area (Å²) in [6.07, 6.45) is 8.18. The Balaban J connectivity index is 1.45. The molecule has 0 N–H and O–H groups in total. The lowest BCUT2D eigenvalue weighted by Crippen LogP contribution is -2.36. The van der Waals surface area contributed by atoms with Crippen molar-refractivity contribution >= 4 is 11.6 Å². The van der Waals surface area contributed by atoms with Crippen molar-refractivity contribution in [3.63, 3.8) is 0 Å². The standard InChI is InChI=1S/C25H32N6O/c1-28(2)19-12-15-30(16-19)25(32)24-20(27-22-11-4-5-14-31(22)24)17-29(3)21-10-6-8-18-9-7-13-26-23(18)21/h4-5,7,9,11,13-14,19,21H,6,8,10,12,15-17H2,1-3H3. The molecule has 2 aliphatic rings. The fourth-order valence-electron chi connectivity index (χ4n) is 5.24. The molecule has 0 aromatic carbocycles. The lowest BCUT2D eigenvalue weighted by molar-refractivity contribution is 0.0773. The molecule has 1 saturated heterocycles. The average molecular weight is 433 g/mol. The van der Waals surface area contributed by atoms with Gasteiger partial charge in [-0.1, -0.05) is 12.1 Å². The highest BCUT2D eigenvalue weighted by molar-refractivity contribution is 5.95. The summed E-state index contributed by atoms with van der Waals surface area (Å²) < 4.78 is 1.96. The van der Waals surface area contributed by atoms with Gasteiger partial charge in [-0.25, -0.2) is 4.98 Å². The number of aromatic nitrogens is 3. The van der Waals surface area contributed by atoms with E-state index in [1.807, 2.05) is 46.0 Å². The molecule has 0 radical (unpaired) electrons. The molecule has 1 aliphatic heterocycles. The largest absolute Gasteiger partial charge is 0.336 e. The van der Waals surface area contributed by atoms with Gasteiger partial charge in [0.05, 0.1) is 17.4 Å². The van der Waals surface area contributed by atoms with E-state index >= 15 is 0 Å². The highest BCUT2D eigenvalue weighted by atomic mass is 16.2. The molecule has 3 aromatic heterocycles. The van der Waals surface area contributed by atoms with Gasteiger partial charge in [0.1, 0.15) is 11.3 Å². The number of hydrogen-bond acceptors (Lipinski definition) is 5. The maximum atomic E-state index is 13.7. The van der Waals surface area contributed by atoms with Gasteiger partial charge < -0.3 is 9.80 Å². The molecule has 168 valence electrons. The molecule has 4 heterocycles. The van der Waals surface area contributed by atoms with Gasteiger partial charge in [-0.3, -0.25) is 19.1 Å². The fraction of sp³-hybridized carbons (Fsp3) is 0.480. The first kappa shape index (κ1) is 21.1. The summed E-state index contributed by atoms with van der Waals surface area (Å²) in [5.74, 6) is 0.0821. The number of likely N-dealkylation sites (N-methyl/N-ethyl adjacent to an activating group) is 1. The monoisotopic (exact) mass is 432 g/mol. The molecule has 3 aromatic rings. The van der Waals surface area contributed by atoms with Crippen LogP contribution < -0.4 is 0 Å². The third kappa shape index (κ3) is 3.80. The quantitative estimate of drug-likeness (QED) is 0.620. The van der Waals surface area contributed by atoms with E-state index in [1.54, 1.807) is 0 Å². The van der Waals surface area contributed by atoms with E-state index in [2.05, 4.69) is 37.0 Å². The van der Waals surface area contributed by atoms with Crippen LogP contribution in [-0.4, -0.2) is 75.2 Å². The number of amides is 1. The summed E-state index contributed by atoms with van der Waals surface area (Å²) in [5.41, 5.74) is 4.88. The molecule has 1 amide bonds. The Morgan fingerprint density at radius 1 is 1.16 bits per heavy atom. The second-order valence-corrected chi connectivity index (χ2v) is 9.36. The molecule has 1 fully saturated rings. The lowest BCUT2D eigenvalue weighted by atomic mass is 9.91. The average Bonchev–Trinajstić information content (AvgIpc) is 3.43. The van der Waals surface area contributed by atoms with Gasteiger partial charge in [0, 0.05) is 38.1 Å². The second-order valence-electron chi connectivity index (χ2n) is 9.36. The number of nitrogens with zero attached hydrogens (tertiary/aromatic N) is 6. The molecule has 2 unspecified atom stereocenters. The maximum absolute atomic E-state index is 13.7. The maximum Gasteiger partial charge on any atom is 0.272 e. The van der Waals surface area contributed by atoms with Crippen molar-refractivity contribution in [2.24, 2.45) is 0 Å². The molecule has 0 spiro atoms. The van der Waals surface area contributed by atoms with Crippen LogP contribution >= 0.6 is 0 Å². The summed E-state index contributed by atoms with van der Waals surface area (Å²) in [5, 5.41) is 0. The van der Waals surface area contributed by atoms with Crippen LogP contribution in [0.25, 0.3) is 5.65 Å². The first-order valence-electron chi connectivity index (χ1n) is 11.6. The molecule has 0 bridgehead atoms. The smallest absolute Gasteiger partial charge is 0.272 e. The van der Waals surface area contributed by atoms with Crippen LogP contribution in [-0.2, 0) is 13.0 Å². The molecular weight excluding hydrogens is 400 g/mol. The number of aryl methyl sites for hydroxylation is 1. The Bertz CT molecular complexity index is 1120. The van der Waals surface area contributed by atoms with Crippen molar-refractivity contribution in [2.45, 2.75) is 44.3 Å². The number of rotatable bonds is 5. The van der Waals surface area contributed by atoms with Gasteiger partial charge in [-0.05, 0) is 70.6 Å². The lowest BCUT2D eigenvalue weighted by Gasteiger charge is -2.32. The number of carbonyl (C=O) groups is 1. The van der Waals surface area contributed by atoms with Gasteiger partial charge >= 0.3 is 0 Å². The van der Waals surface area contributed by atoms with Gasteiger partial charge in [0.2, 0.25) is 0 Å². The molecule has 5 rings (SSSR count). The Kier molecular flexibility index (Phi) is 5.69. The van der Waals surface area contributed by atoms with Crippen LogP contribution in [0.5, 0.6) is 0 Å². The molecule has 1 aliphatic carbocycles. The molecule has 32 heavy (non-hydrogen) atoms. The van der Waals surface area contributed by atoms with Crippen LogP contribution in [0.3, 0.4) is 0 Å². The minimum absolute atomic E-state index is 0.0821. The number of pyridine rings is 2. The van der Waals surface area contributed by atoms with Crippen molar-refractivity contribution in [3.05, 3.63) is 65.4 Å². The van der Waals surface area contributed by atoms with Crippen molar-refractivity contribution in [2.75, 3.05) is 34.2 Å². The van der Waals surface area contributed by atoms with Gasteiger partial charge in [0.25, 0.3) is 5.91 Å². The van der Waals surface area contributed by atoms with Crippen LogP contribution in [0, 0.1) is 0 Å². The first-order chi connectivity index (χ1) is 15.5. The third-order valence-electron chi connectivity index (χ3n) is 7.08. The zero-order chi connectivity index (χ0) is 22.2. The predicted molar refractivity (Wildman–Crippen MR) is 125 cm³/mol. The van der Waals surface area contributed by atoms with E-state index in [9.17, 15) is 4.79 Å². The van der Waals surface area contributed by atoms with E-state index in [0.717, 1.165) is 50.1 Å². The zero-order valence-electron chi connectivity index (χ0n) is 19.2. The summed E-state index contributed by atoms with van der Waals surface area (Å²) in [4.78, 5) is 29.8. The summed E-state index contributed by atoms with van der Waals surface area (Å²) in [7, 11) is 6.30. The van der Waals surface area contributed by atoms with E-state index < -0.39 is 0 Å². The first-order valence-corrected chi connectivity index (χ1v) is 11.6. The highest BCUT2D eigenvalue weighted by Crippen LogP contribution is 2.33. The number of imidazole rings is 1. The predicted octanol–water partition coefficient (Wildman–Crippen LogP) is 3.01. The van der Waals surface area contributed by atoms with Crippen LogP contribution in [0.1, 0.15) is 52.7 Å². The third-order valence-corrected chi connectivity index (χ3v) is 7.08. The molecule has 7 nitrogen and oxygen atoms in total. The van der Waals surface area contributed by atoms with E-state index in [1.165, 1.54) is 11.3 Å². The minimum atomic E-state index is 0.0821. The van der Waals surface area contributed by atoms with Crippen molar-refractivity contribution in [1.82, 2.24) is 29.1 Å². The van der Waals surface area contributed by atoms with E-state index in [4.69, 9.17) is 9.97 Å². The van der Waals surface area contributed by atoms with Crippen LogP contribution in [0.4, 0.5) is 0 Å². The summed E-state index contributed by atoms with van der Waals surface area (Å²) >= 11 is 0. The topological polar surface area (TPSA) is 57.0 Å². The number of fused-ring (bicyclic) bond motifs is 2. The summed E-state index contributed by atoms with van der Waals surface area (Å²) in [6.45, 7) is 2.17. The SMILES string of the molecule is CN(C)C1CCN(C(=O)c2c(CN(C)C3CCCc4cccnc43)nc3ccccn23)C1. The molecule has 0 saturated carbocycles. The fourth-order valence-corrected chi connectivity index (χ4v) is 5.24. The van der Waals surface area contributed by atoms with Crippen molar-refractivity contribution < 1.29 is 4.79 Å². The molecule has 2 atom stereocenters. The van der Waals surface area contributed by atoms with Crippen LogP contribution in [0.15, 0.2) is 42.7 Å².